The first kappa shape index (κ1) is 8.13. The summed E-state index contributed by atoms with van der Waals surface area (Å²) in [6.45, 7) is 2.23. The van der Waals surface area contributed by atoms with Crippen LogP contribution in [0.5, 0.6) is 0 Å². The van der Waals surface area contributed by atoms with Crippen LogP contribution in [0.3, 0.4) is 0 Å². The van der Waals surface area contributed by atoms with E-state index in [2.05, 4.69) is 11.2 Å². The average molecular weight is 163 g/mol. The zero-order chi connectivity index (χ0) is 8.44. The third-order valence-electron chi connectivity index (χ3n) is 3.26. The molecule has 0 bridgehead atoms. The lowest BCUT2D eigenvalue weighted by molar-refractivity contribution is 0.407. The Morgan fingerprint density at radius 1 is 1.42 bits per heavy atom. The predicted octanol–water partition coefficient (Wildman–Crippen LogP) is 1.79. The largest absolute Gasteiger partial charge is 0.315 e. The highest BCUT2D eigenvalue weighted by molar-refractivity contribution is 5.05. The maximum Gasteiger partial charge on any atom is 0.0211 e. The third kappa shape index (κ3) is 1.64. The maximum absolute atomic E-state index is 5.18. The van der Waals surface area contributed by atoms with Crippen LogP contribution in [0.1, 0.15) is 32.1 Å². The summed E-state index contributed by atoms with van der Waals surface area (Å²) in [5.74, 6) is 3.72. The molecule has 0 unspecified atom stereocenters. The SMILES string of the molecule is C#CCCNCC1(C2CC2)CC1. The molecule has 0 radical (unpaired) electrons. The Morgan fingerprint density at radius 3 is 2.67 bits per heavy atom. The van der Waals surface area contributed by atoms with Gasteiger partial charge >= 0.3 is 0 Å². The topological polar surface area (TPSA) is 12.0 Å². The first-order valence-corrected chi connectivity index (χ1v) is 5.02. The van der Waals surface area contributed by atoms with E-state index in [-0.39, 0.29) is 0 Å². The van der Waals surface area contributed by atoms with Gasteiger partial charge in [-0.15, -0.1) is 12.3 Å². The molecule has 0 aromatic carbocycles. The van der Waals surface area contributed by atoms with Crippen molar-refractivity contribution in [2.45, 2.75) is 32.1 Å². The van der Waals surface area contributed by atoms with Crippen LogP contribution in [-0.2, 0) is 0 Å². The fourth-order valence-electron chi connectivity index (χ4n) is 2.08. The van der Waals surface area contributed by atoms with Crippen LogP contribution < -0.4 is 5.32 Å². The molecule has 2 fully saturated rings. The Balaban J connectivity index is 1.63. The second-order valence-electron chi connectivity index (χ2n) is 4.27. The zero-order valence-corrected chi connectivity index (χ0v) is 7.60. The van der Waals surface area contributed by atoms with Gasteiger partial charge in [-0.05, 0) is 37.0 Å². The summed E-state index contributed by atoms with van der Waals surface area (Å²) in [6, 6.07) is 0. The van der Waals surface area contributed by atoms with Crippen molar-refractivity contribution in [2.75, 3.05) is 13.1 Å². The molecular weight excluding hydrogens is 146 g/mol. The molecule has 0 spiro atoms. The minimum Gasteiger partial charge on any atom is -0.315 e. The van der Waals surface area contributed by atoms with E-state index in [9.17, 15) is 0 Å². The van der Waals surface area contributed by atoms with Gasteiger partial charge in [-0.3, -0.25) is 0 Å². The molecule has 1 heteroatoms. The predicted molar refractivity (Wildman–Crippen MR) is 50.7 cm³/mol. The summed E-state index contributed by atoms with van der Waals surface area (Å²) in [7, 11) is 0. The van der Waals surface area contributed by atoms with Crippen molar-refractivity contribution in [3.63, 3.8) is 0 Å². The molecular formula is C11H17N. The summed E-state index contributed by atoms with van der Waals surface area (Å²) in [5, 5.41) is 3.47. The van der Waals surface area contributed by atoms with E-state index < -0.39 is 0 Å². The van der Waals surface area contributed by atoms with Crippen LogP contribution >= 0.6 is 0 Å². The number of hydrogen-bond donors (Lipinski definition) is 1. The van der Waals surface area contributed by atoms with Crippen LogP contribution in [0.15, 0.2) is 0 Å². The van der Waals surface area contributed by atoms with Gasteiger partial charge in [0, 0.05) is 19.5 Å². The van der Waals surface area contributed by atoms with Gasteiger partial charge in [0.1, 0.15) is 0 Å². The smallest absolute Gasteiger partial charge is 0.0211 e. The molecule has 2 aliphatic rings. The van der Waals surface area contributed by atoms with Crippen molar-refractivity contribution in [2.24, 2.45) is 11.3 Å². The molecule has 0 aromatic heterocycles. The van der Waals surface area contributed by atoms with E-state index in [1.54, 1.807) is 0 Å². The van der Waals surface area contributed by atoms with Crippen molar-refractivity contribution >= 4 is 0 Å². The van der Waals surface area contributed by atoms with Gasteiger partial charge in [-0.2, -0.15) is 0 Å². The average Bonchev–Trinajstić information content (AvgIpc) is 2.86. The minimum absolute atomic E-state index is 0.731. The number of hydrogen-bond acceptors (Lipinski definition) is 1. The van der Waals surface area contributed by atoms with Gasteiger partial charge in [-0.25, -0.2) is 0 Å². The molecule has 2 saturated carbocycles. The quantitative estimate of drug-likeness (QED) is 0.481. The van der Waals surface area contributed by atoms with E-state index in [0.717, 1.165) is 24.3 Å². The Kier molecular flexibility index (Phi) is 2.11. The van der Waals surface area contributed by atoms with Gasteiger partial charge in [0.05, 0.1) is 0 Å². The Bertz CT molecular complexity index is 194. The highest BCUT2D eigenvalue weighted by Gasteiger charge is 2.52. The van der Waals surface area contributed by atoms with Gasteiger partial charge in [0.2, 0.25) is 0 Å². The van der Waals surface area contributed by atoms with E-state index >= 15 is 0 Å². The highest BCUT2D eigenvalue weighted by Crippen LogP contribution is 2.60. The molecule has 0 aliphatic heterocycles. The molecule has 66 valence electrons. The summed E-state index contributed by atoms with van der Waals surface area (Å²) < 4.78 is 0. The molecule has 2 aliphatic carbocycles. The van der Waals surface area contributed by atoms with Crippen LogP contribution in [0, 0.1) is 23.7 Å². The molecule has 0 saturated heterocycles. The Morgan fingerprint density at radius 2 is 2.17 bits per heavy atom. The van der Waals surface area contributed by atoms with Crippen LogP contribution in [0.4, 0.5) is 0 Å². The second-order valence-corrected chi connectivity index (χ2v) is 4.27. The van der Waals surface area contributed by atoms with E-state index in [1.807, 2.05) is 0 Å². The fourth-order valence-corrected chi connectivity index (χ4v) is 2.08. The molecule has 1 N–H and O–H groups in total. The van der Waals surface area contributed by atoms with Crippen molar-refractivity contribution in [3.8, 4) is 12.3 Å². The maximum atomic E-state index is 5.18. The standard InChI is InChI=1S/C11H17N/c1-2-3-8-12-9-11(6-7-11)10-4-5-10/h1,10,12H,3-9H2. The molecule has 2 rings (SSSR count). The summed E-state index contributed by atoms with van der Waals surface area (Å²) in [4.78, 5) is 0. The number of rotatable bonds is 5. The van der Waals surface area contributed by atoms with Gasteiger partial charge < -0.3 is 5.32 Å². The monoisotopic (exact) mass is 163 g/mol. The summed E-state index contributed by atoms with van der Waals surface area (Å²) >= 11 is 0. The van der Waals surface area contributed by atoms with Gasteiger partial charge in [-0.1, -0.05) is 0 Å². The van der Waals surface area contributed by atoms with Crippen LogP contribution in [0.25, 0.3) is 0 Å². The summed E-state index contributed by atoms with van der Waals surface area (Å²) in [5.41, 5.74) is 0.731. The number of terminal acetylenes is 1. The van der Waals surface area contributed by atoms with Crippen molar-refractivity contribution in [1.29, 1.82) is 0 Å². The van der Waals surface area contributed by atoms with Crippen LogP contribution in [-0.4, -0.2) is 13.1 Å². The molecule has 0 amide bonds. The van der Waals surface area contributed by atoms with Crippen molar-refractivity contribution in [3.05, 3.63) is 0 Å². The zero-order valence-electron chi connectivity index (χ0n) is 7.60. The molecule has 0 atom stereocenters. The minimum atomic E-state index is 0.731. The van der Waals surface area contributed by atoms with Gasteiger partial charge in [0.15, 0.2) is 0 Å². The molecule has 0 heterocycles. The molecule has 12 heavy (non-hydrogen) atoms. The Labute approximate surface area is 74.9 Å². The molecule has 1 nitrogen and oxygen atoms in total. The lowest BCUT2D eigenvalue weighted by atomic mass is 10.0. The molecule has 0 aromatic rings. The fraction of sp³-hybridized carbons (Fsp3) is 0.818. The first-order valence-electron chi connectivity index (χ1n) is 5.02. The lowest BCUT2D eigenvalue weighted by Crippen LogP contribution is -2.26. The third-order valence-corrected chi connectivity index (χ3v) is 3.26. The second kappa shape index (κ2) is 3.11. The van der Waals surface area contributed by atoms with E-state index in [0.29, 0.717) is 0 Å². The summed E-state index contributed by atoms with van der Waals surface area (Å²) in [6.07, 6.45) is 11.9. The van der Waals surface area contributed by atoms with E-state index in [1.165, 1.54) is 32.2 Å². The normalized spacial score (nSPS) is 24.9. The number of nitrogens with one attached hydrogen (secondary N) is 1. The Hall–Kier alpha value is -0.480. The van der Waals surface area contributed by atoms with Crippen LogP contribution in [0.2, 0.25) is 0 Å². The van der Waals surface area contributed by atoms with Gasteiger partial charge in [0.25, 0.3) is 0 Å². The van der Waals surface area contributed by atoms with Crippen molar-refractivity contribution < 1.29 is 0 Å². The van der Waals surface area contributed by atoms with E-state index in [4.69, 9.17) is 6.42 Å². The lowest BCUT2D eigenvalue weighted by Gasteiger charge is -2.13. The first-order chi connectivity index (χ1) is 5.87. The van der Waals surface area contributed by atoms with Crippen molar-refractivity contribution in [1.82, 2.24) is 5.32 Å². The highest BCUT2D eigenvalue weighted by atomic mass is 14.9.